The molecule has 0 aromatic heterocycles. The maximum absolute atomic E-state index is 13.7. The van der Waals surface area contributed by atoms with Gasteiger partial charge in [0.15, 0.2) is 0 Å². The summed E-state index contributed by atoms with van der Waals surface area (Å²) in [7, 11) is -2.87. The van der Waals surface area contributed by atoms with E-state index < -0.39 is 39.3 Å². The van der Waals surface area contributed by atoms with Crippen molar-refractivity contribution in [2.45, 2.75) is 24.4 Å². The third-order valence-corrected chi connectivity index (χ3v) is 8.10. The molecule has 2 amide bonds. The fraction of sp³-hybridized carbons (Fsp3) is 0.200. The van der Waals surface area contributed by atoms with Gasteiger partial charge in [-0.3, -0.25) is 24.0 Å². The van der Waals surface area contributed by atoms with Gasteiger partial charge in [-0.05, 0) is 48.9 Å². The molecule has 0 fully saturated rings. The Hall–Kier alpha value is -3.67. The first-order valence-corrected chi connectivity index (χ1v) is 13.4. The SMILES string of the molecule is CNC(=O)C(C)N(Cc1ccc(Cl)cc1Cl)C(=O)CN(c1ccc([N+](=O)[O-])cc1)S(=O)(=O)c1ccccc1. The minimum absolute atomic E-state index is 0.0323. The number of nitrogens with zero attached hydrogens (tertiary/aromatic N) is 3. The average molecular weight is 579 g/mol. The molecule has 3 aromatic carbocycles. The highest BCUT2D eigenvalue weighted by molar-refractivity contribution is 7.92. The summed E-state index contributed by atoms with van der Waals surface area (Å²) in [6.45, 7) is 0.701. The molecule has 1 N–H and O–H groups in total. The number of rotatable bonds is 10. The topological polar surface area (TPSA) is 130 Å². The molecule has 10 nitrogen and oxygen atoms in total. The molecule has 0 heterocycles. The van der Waals surface area contributed by atoms with Gasteiger partial charge in [0.05, 0.1) is 15.5 Å². The number of carbonyl (C=O) groups is 2. The quantitative estimate of drug-likeness (QED) is 0.282. The van der Waals surface area contributed by atoms with Gasteiger partial charge in [0.25, 0.3) is 15.7 Å². The van der Waals surface area contributed by atoms with Crippen molar-refractivity contribution in [1.82, 2.24) is 10.2 Å². The zero-order chi connectivity index (χ0) is 28.0. The fourth-order valence-electron chi connectivity index (χ4n) is 3.61. The van der Waals surface area contributed by atoms with Crippen LogP contribution >= 0.6 is 23.2 Å². The van der Waals surface area contributed by atoms with Crippen LogP contribution in [0.3, 0.4) is 0 Å². The van der Waals surface area contributed by atoms with Crippen molar-refractivity contribution >= 4 is 56.4 Å². The van der Waals surface area contributed by atoms with Crippen LogP contribution in [0.15, 0.2) is 77.7 Å². The van der Waals surface area contributed by atoms with E-state index in [-0.39, 0.29) is 27.8 Å². The third kappa shape index (κ3) is 6.60. The van der Waals surface area contributed by atoms with Crippen molar-refractivity contribution in [1.29, 1.82) is 0 Å². The summed E-state index contributed by atoms with van der Waals surface area (Å²) in [5.41, 5.74) is 0.280. The number of carbonyl (C=O) groups excluding carboxylic acids is 2. The molecule has 38 heavy (non-hydrogen) atoms. The van der Waals surface area contributed by atoms with Crippen molar-refractivity contribution in [3.8, 4) is 0 Å². The molecule has 1 unspecified atom stereocenters. The van der Waals surface area contributed by atoms with E-state index in [1.54, 1.807) is 18.2 Å². The normalized spacial score (nSPS) is 11.9. The summed E-state index contributed by atoms with van der Waals surface area (Å²) >= 11 is 12.3. The van der Waals surface area contributed by atoms with E-state index in [2.05, 4.69) is 5.32 Å². The molecule has 13 heteroatoms. The highest BCUT2D eigenvalue weighted by Gasteiger charge is 2.32. The van der Waals surface area contributed by atoms with E-state index in [1.165, 1.54) is 61.3 Å². The molecule has 0 spiro atoms. The van der Waals surface area contributed by atoms with Crippen LogP contribution < -0.4 is 9.62 Å². The van der Waals surface area contributed by atoms with Gasteiger partial charge in [-0.1, -0.05) is 47.5 Å². The van der Waals surface area contributed by atoms with Crippen LogP contribution in [-0.4, -0.2) is 49.7 Å². The lowest BCUT2D eigenvalue weighted by Crippen LogP contribution is -2.50. The number of hydrogen-bond acceptors (Lipinski definition) is 6. The van der Waals surface area contributed by atoms with Crippen molar-refractivity contribution in [2.75, 3.05) is 17.9 Å². The number of likely N-dealkylation sites (N-methyl/N-ethyl adjacent to an activating group) is 1. The van der Waals surface area contributed by atoms with Gasteiger partial charge in [-0.15, -0.1) is 0 Å². The molecule has 200 valence electrons. The van der Waals surface area contributed by atoms with Gasteiger partial charge >= 0.3 is 0 Å². The third-order valence-electron chi connectivity index (χ3n) is 5.73. The molecule has 1 atom stereocenters. The molecule has 0 saturated carbocycles. The Morgan fingerprint density at radius 1 is 1.03 bits per heavy atom. The van der Waals surface area contributed by atoms with Crippen molar-refractivity contribution in [3.63, 3.8) is 0 Å². The summed E-state index contributed by atoms with van der Waals surface area (Å²) in [5, 5.41) is 14.2. The number of sulfonamides is 1. The van der Waals surface area contributed by atoms with Gasteiger partial charge in [0, 0.05) is 35.8 Å². The number of benzene rings is 3. The molecule has 0 aliphatic carbocycles. The number of halogens is 2. The second kappa shape index (κ2) is 12.2. The van der Waals surface area contributed by atoms with Crippen LogP contribution in [0.1, 0.15) is 12.5 Å². The second-order valence-electron chi connectivity index (χ2n) is 8.15. The van der Waals surface area contributed by atoms with Crippen molar-refractivity contribution in [3.05, 3.63) is 98.5 Å². The smallest absolute Gasteiger partial charge is 0.269 e. The molecule has 3 aromatic rings. The van der Waals surface area contributed by atoms with E-state index in [0.29, 0.717) is 10.6 Å². The van der Waals surface area contributed by atoms with Crippen LogP contribution in [-0.2, 0) is 26.2 Å². The van der Waals surface area contributed by atoms with Crippen LogP contribution in [0.25, 0.3) is 0 Å². The first kappa shape index (κ1) is 28.9. The summed E-state index contributed by atoms with van der Waals surface area (Å²) in [6.07, 6.45) is 0. The number of nitro groups is 1. The van der Waals surface area contributed by atoms with E-state index in [0.717, 1.165) is 16.4 Å². The predicted octanol–water partition coefficient (Wildman–Crippen LogP) is 4.26. The Kier molecular flexibility index (Phi) is 9.31. The number of nitro benzene ring substituents is 1. The monoisotopic (exact) mass is 578 g/mol. The first-order valence-electron chi connectivity index (χ1n) is 11.2. The molecule has 3 rings (SSSR count). The van der Waals surface area contributed by atoms with E-state index in [4.69, 9.17) is 23.2 Å². The highest BCUT2D eigenvalue weighted by Crippen LogP contribution is 2.27. The van der Waals surface area contributed by atoms with Crippen LogP contribution in [0.4, 0.5) is 11.4 Å². The molecule has 0 saturated heterocycles. The molecular formula is C25H24Cl2N4O6S. The maximum atomic E-state index is 13.7. The Labute approximate surface area is 230 Å². The minimum Gasteiger partial charge on any atom is -0.357 e. The van der Waals surface area contributed by atoms with Gasteiger partial charge in [-0.2, -0.15) is 0 Å². The van der Waals surface area contributed by atoms with Gasteiger partial charge in [0.1, 0.15) is 12.6 Å². The maximum Gasteiger partial charge on any atom is 0.269 e. The van der Waals surface area contributed by atoms with Crippen LogP contribution in [0, 0.1) is 10.1 Å². The summed E-state index contributed by atoms with van der Waals surface area (Å²) in [6, 6.07) is 15.9. The fourth-order valence-corrected chi connectivity index (χ4v) is 5.52. The molecule has 0 bridgehead atoms. The molecule has 0 aliphatic heterocycles. The highest BCUT2D eigenvalue weighted by atomic mass is 35.5. The lowest BCUT2D eigenvalue weighted by molar-refractivity contribution is -0.384. The molecule has 0 radical (unpaired) electrons. The molecular weight excluding hydrogens is 555 g/mol. The largest absolute Gasteiger partial charge is 0.357 e. The first-order chi connectivity index (χ1) is 17.9. The van der Waals surface area contributed by atoms with E-state index in [1.807, 2.05) is 0 Å². The average Bonchev–Trinajstić information content (AvgIpc) is 2.90. The Balaban J connectivity index is 2.05. The Morgan fingerprint density at radius 3 is 2.21 bits per heavy atom. The minimum atomic E-state index is -4.28. The number of non-ortho nitro benzene ring substituents is 1. The van der Waals surface area contributed by atoms with Gasteiger partial charge in [0.2, 0.25) is 11.8 Å². The van der Waals surface area contributed by atoms with E-state index in [9.17, 15) is 28.1 Å². The van der Waals surface area contributed by atoms with Crippen molar-refractivity contribution in [2.24, 2.45) is 0 Å². The van der Waals surface area contributed by atoms with Crippen LogP contribution in [0.5, 0.6) is 0 Å². The van der Waals surface area contributed by atoms with E-state index >= 15 is 0 Å². The summed E-state index contributed by atoms with van der Waals surface area (Å²) in [4.78, 5) is 37.8. The number of anilines is 1. The predicted molar refractivity (Wildman–Crippen MR) is 145 cm³/mol. The van der Waals surface area contributed by atoms with Gasteiger partial charge in [-0.25, -0.2) is 8.42 Å². The summed E-state index contributed by atoms with van der Waals surface area (Å²) < 4.78 is 28.1. The lowest BCUT2D eigenvalue weighted by atomic mass is 10.1. The Morgan fingerprint density at radius 2 is 1.66 bits per heavy atom. The number of nitrogens with one attached hydrogen (secondary N) is 1. The number of amides is 2. The summed E-state index contributed by atoms with van der Waals surface area (Å²) in [5.74, 6) is -1.18. The standard InChI is InChI=1S/C25H24Cl2N4O6S/c1-17(25(33)28-2)29(15-18-8-9-19(26)14-23(18)27)24(32)16-30(20-10-12-21(13-11-20)31(34)35)38(36,37)22-6-4-3-5-7-22/h3-14,17H,15-16H2,1-2H3,(H,28,33). The lowest BCUT2D eigenvalue weighted by Gasteiger charge is -2.32. The zero-order valence-electron chi connectivity index (χ0n) is 20.4. The zero-order valence-corrected chi connectivity index (χ0v) is 22.7. The van der Waals surface area contributed by atoms with Crippen LogP contribution in [0.2, 0.25) is 10.0 Å². The van der Waals surface area contributed by atoms with Gasteiger partial charge < -0.3 is 10.2 Å². The Bertz CT molecular complexity index is 1440. The number of hydrogen-bond donors (Lipinski definition) is 1. The molecule has 0 aliphatic rings. The van der Waals surface area contributed by atoms with Crippen molar-refractivity contribution < 1.29 is 22.9 Å². The second-order valence-corrected chi connectivity index (χ2v) is 10.9.